The molecule has 0 saturated heterocycles. The number of nitrogens with zero attached hydrogens (tertiary/aromatic N) is 2. The van der Waals surface area contributed by atoms with Crippen LogP contribution in [-0.2, 0) is 0 Å². The summed E-state index contributed by atoms with van der Waals surface area (Å²) in [7, 11) is 0. The molecule has 0 bridgehead atoms. The summed E-state index contributed by atoms with van der Waals surface area (Å²) in [4.78, 5) is 30.0. The summed E-state index contributed by atoms with van der Waals surface area (Å²) in [6.07, 6.45) is 0. The quantitative estimate of drug-likeness (QED) is 0.312. The van der Waals surface area contributed by atoms with Crippen LogP contribution in [0.2, 0.25) is 5.02 Å². The Balaban J connectivity index is 0.000000880. The lowest BCUT2D eigenvalue weighted by molar-refractivity contribution is 0.103. The molecule has 4 rings (SSSR count). The van der Waals surface area contributed by atoms with Gasteiger partial charge in [0.15, 0.2) is 5.82 Å². The minimum Gasteiger partial charge on any atom is -0.285 e. The first kappa shape index (κ1) is 18.3. The molecule has 0 spiro atoms. The van der Waals surface area contributed by atoms with Crippen LogP contribution < -0.4 is 5.56 Å². The van der Waals surface area contributed by atoms with Gasteiger partial charge in [-0.2, -0.15) is 0 Å². The number of carbonyl (C=O) groups is 1. The van der Waals surface area contributed by atoms with Crippen molar-refractivity contribution in [3.8, 4) is 5.69 Å². The second-order valence-electron chi connectivity index (χ2n) is 5.30. The van der Waals surface area contributed by atoms with Crippen molar-refractivity contribution in [2.24, 2.45) is 0 Å². The molecule has 0 atom stereocenters. The van der Waals surface area contributed by atoms with E-state index in [-0.39, 0.29) is 27.6 Å². The highest BCUT2D eigenvalue weighted by Gasteiger charge is 2.31. The number of hydrogen-bond acceptors (Lipinski definition) is 3. The molecule has 1 aliphatic rings. The fourth-order valence-electron chi connectivity index (χ4n) is 2.78. The number of hydrogen-bond donors (Lipinski definition) is 0. The molecule has 2 heterocycles. The maximum Gasteiger partial charge on any atom is 0.267 e. The van der Waals surface area contributed by atoms with E-state index >= 15 is 0 Å². The van der Waals surface area contributed by atoms with Gasteiger partial charge in [0, 0.05) is 8.95 Å². The van der Waals surface area contributed by atoms with Crippen molar-refractivity contribution in [2.75, 3.05) is 0 Å². The average molecular weight is 485 g/mol. The Morgan fingerprint density at radius 3 is 2.44 bits per heavy atom. The molecule has 1 aromatic heterocycles. The molecule has 25 heavy (non-hydrogen) atoms. The van der Waals surface area contributed by atoms with Gasteiger partial charge in [-0.05, 0) is 57.0 Å². The molecule has 2 aromatic carbocycles. The highest BCUT2D eigenvalue weighted by molar-refractivity contribution is 9.11. The molecule has 0 fully saturated rings. The van der Waals surface area contributed by atoms with E-state index in [1.807, 2.05) is 26.8 Å². The van der Waals surface area contributed by atoms with Crippen molar-refractivity contribution in [3.05, 3.63) is 65.5 Å². The molecule has 0 radical (unpaired) electrons. The molecule has 0 N–H and O–H groups in total. The van der Waals surface area contributed by atoms with Crippen molar-refractivity contribution >= 4 is 60.1 Å². The molecular formula is C18H13Br2ClN2O2. The molecule has 0 aliphatic carbocycles. The van der Waals surface area contributed by atoms with Gasteiger partial charge in [0.1, 0.15) is 0 Å². The Morgan fingerprint density at radius 2 is 1.76 bits per heavy atom. The van der Waals surface area contributed by atoms with Crippen molar-refractivity contribution in [3.63, 3.8) is 0 Å². The number of aryl methyl sites for hydroxylation is 1. The Labute approximate surface area is 166 Å². The van der Waals surface area contributed by atoms with Crippen LogP contribution in [0.25, 0.3) is 16.6 Å². The number of halogens is 3. The van der Waals surface area contributed by atoms with Gasteiger partial charge < -0.3 is 0 Å². The van der Waals surface area contributed by atoms with Gasteiger partial charge in [0.05, 0.1) is 27.2 Å². The normalized spacial score (nSPS) is 11.8. The molecule has 7 heteroatoms. The predicted octanol–water partition coefficient (Wildman–Crippen LogP) is 5.44. The van der Waals surface area contributed by atoms with Crippen molar-refractivity contribution in [2.45, 2.75) is 20.8 Å². The average Bonchev–Trinajstić information content (AvgIpc) is 2.87. The van der Waals surface area contributed by atoms with E-state index in [1.54, 1.807) is 18.2 Å². The van der Waals surface area contributed by atoms with Crippen LogP contribution in [0.5, 0.6) is 0 Å². The number of rotatable bonds is 0. The molecule has 128 valence electrons. The van der Waals surface area contributed by atoms with Gasteiger partial charge in [0.25, 0.3) is 5.56 Å². The Kier molecular flexibility index (Phi) is 4.88. The van der Waals surface area contributed by atoms with Crippen LogP contribution in [0.15, 0.2) is 38.0 Å². The number of ketones is 1. The largest absolute Gasteiger partial charge is 0.285 e. The fraction of sp³-hybridized carbons (Fsp3) is 0.167. The van der Waals surface area contributed by atoms with Crippen LogP contribution in [0.3, 0.4) is 0 Å². The zero-order valence-corrected chi connectivity index (χ0v) is 17.6. The van der Waals surface area contributed by atoms with E-state index in [9.17, 15) is 9.59 Å². The first-order valence-electron chi connectivity index (χ1n) is 7.66. The van der Waals surface area contributed by atoms with Gasteiger partial charge in [0.2, 0.25) is 5.78 Å². The summed E-state index contributed by atoms with van der Waals surface area (Å²) in [5.41, 5.74) is 2.00. The van der Waals surface area contributed by atoms with Crippen LogP contribution in [0.4, 0.5) is 0 Å². The molecule has 1 aliphatic heterocycles. The summed E-state index contributed by atoms with van der Waals surface area (Å²) in [5.74, 6) is -0.143. The minimum absolute atomic E-state index is 0.113. The third-order valence-electron chi connectivity index (χ3n) is 3.83. The first-order chi connectivity index (χ1) is 11.9. The van der Waals surface area contributed by atoms with Gasteiger partial charge >= 0.3 is 0 Å². The minimum atomic E-state index is -0.354. The van der Waals surface area contributed by atoms with E-state index in [0.29, 0.717) is 25.7 Å². The fourth-order valence-corrected chi connectivity index (χ4v) is 4.25. The van der Waals surface area contributed by atoms with E-state index in [4.69, 9.17) is 11.6 Å². The summed E-state index contributed by atoms with van der Waals surface area (Å²) in [6, 6.07) is 7.10. The molecule has 3 aromatic rings. The second kappa shape index (κ2) is 6.67. The molecule has 0 saturated carbocycles. The Morgan fingerprint density at radius 1 is 1.08 bits per heavy atom. The van der Waals surface area contributed by atoms with Gasteiger partial charge in [-0.3, -0.25) is 14.2 Å². The van der Waals surface area contributed by atoms with Gasteiger partial charge in [-0.15, -0.1) is 0 Å². The van der Waals surface area contributed by atoms with Crippen LogP contribution in [0.1, 0.15) is 35.6 Å². The lowest BCUT2D eigenvalue weighted by atomic mass is 10.1. The highest BCUT2D eigenvalue weighted by atomic mass is 79.9. The number of benzene rings is 2. The van der Waals surface area contributed by atoms with Crippen molar-refractivity contribution < 1.29 is 4.79 Å². The van der Waals surface area contributed by atoms with Crippen LogP contribution >= 0.6 is 43.5 Å². The zero-order chi connectivity index (χ0) is 18.5. The first-order valence-corrected chi connectivity index (χ1v) is 9.62. The van der Waals surface area contributed by atoms with Crippen LogP contribution in [0, 0.1) is 6.92 Å². The molecule has 0 unspecified atom stereocenters. The third kappa shape index (κ3) is 2.67. The summed E-state index contributed by atoms with van der Waals surface area (Å²) < 4.78 is 2.53. The Hall–Kier alpha value is -1.50. The number of carbonyl (C=O) groups excluding carboxylic acids is 1. The SMILES string of the molecule is CC.Cc1ccc2c(c1)C(=O)c1nc3c(Br)cc(Br)c(Cl)c3c(=O)n1-2. The smallest absolute Gasteiger partial charge is 0.267 e. The van der Waals surface area contributed by atoms with Gasteiger partial charge in [-0.1, -0.05) is 37.1 Å². The second-order valence-corrected chi connectivity index (χ2v) is 7.39. The monoisotopic (exact) mass is 482 g/mol. The van der Waals surface area contributed by atoms with E-state index in [0.717, 1.165) is 5.56 Å². The topological polar surface area (TPSA) is 52.0 Å². The predicted molar refractivity (Wildman–Crippen MR) is 107 cm³/mol. The summed E-state index contributed by atoms with van der Waals surface area (Å²) in [6.45, 7) is 5.90. The maximum atomic E-state index is 13.0. The van der Waals surface area contributed by atoms with E-state index in [2.05, 4.69) is 36.8 Å². The van der Waals surface area contributed by atoms with Crippen LogP contribution in [-0.4, -0.2) is 15.3 Å². The van der Waals surface area contributed by atoms with E-state index in [1.165, 1.54) is 4.57 Å². The maximum absolute atomic E-state index is 13.0. The lowest BCUT2D eigenvalue weighted by Crippen LogP contribution is -2.22. The summed E-state index contributed by atoms with van der Waals surface area (Å²) >= 11 is 13.0. The van der Waals surface area contributed by atoms with Crippen molar-refractivity contribution in [1.29, 1.82) is 0 Å². The highest BCUT2D eigenvalue weighted by Crippen LogP contribution is 2.35. The molecule has 4 nitrogen and oxygen atoms in total. The lowest BCUT2D eigenvalue weighted by Gasteiger charge is -2.09. The van der Waals surface area contributed by atoms with Crippen molar-refractivity contribution in [1.82, 2.24) is 9.55 Å². The summed E-state index contributed by atoms with van der Waals surface area (Å²) in [5, 5.41) is 0.557. The third-order valence-corrected chi connectivity index (χ3v) is 5.68. The standard InChI is InChI=1S/C16H7Br2ClN2O2.C2H6/c1-6-2-3-10-7(4-6)14(22)15-20-13-9(18)5-8(17)12(19)11(13)16(23)21(10)15;1-2/h2-5H,1H3;1-2H3. The zero-order valence-electron chi connectivity index (χ0n) is 13.7. The number of aromatic nitrogens is 2. The molecular weight excluding hydrogens is 471 g/mol. The Bertz CT molecular complexity index is 1110. The van der Waals surface area contributed by atoms with E-state index < -0.39 is 0 Å². The molecule has 0 amide bonds. The van der Waals surface area contributed by atoms with Gasteiger partial charge in [-0.25, -0.2) is 4.98 Å². The number of fused-ring (bicyclic) bond motifs is 4.